The lowest BCUT2D eigenvalue weighted by atomic mass is 10.1. The van der Waals surface area contributed by atoms with Crippen LogP contribution >= 0.6 is 0 Å². The molecule has 11 heteroatoms. The molecular formula is C24H19N11. The van der Waals surface area contributed by atoms with Crippen molar-refractivity contribution in [3.8, 4) is 34.2 Å². The van der Waals surface area contributed by atoms with Crippen LogP contribution in [0.25, 0.3) is 56.2 Å². The summed E-state index contributed by atoms with van der Waals surface area (Å²) in [6.45, 7) is 1.56. The van der Waals surface area contributed by atoms with Crippen LogP contribution in [-0.2, 0) is 0 Å². The minimum absolute atomic E-state index is 0.184. The highest BCUT2D eigenvalue weighted by Gasteiger charge is 2.25. The number of hydrogen-bond acceptors (Lipinski definition) is 9. The third-order valence-electron chi connectivity index (χ3n) is 6.10. The van der Waals surface area contributed by atoms with Gasteiger partial charge in [-0.3, -0.25) is 20.1 Å². The molecule has 0 aliphatic carbocycles. The van der Waals surface area contributed by atoms with Crippen LogP contribution < -0.4 is 10.6 Å². The number of nitrogens with one attached hydrogen (secondary N) is 2. The molecule has 7 heterocycles. The van der Waals surface area contributed by atoms with Gasteiger partial charge in [-0.05, 0) is 24.3 Å². The normalized spacial score (nSPS) is 14.0. The summed E-state index contributed by atoms with van der Waals surface area (Å²) < 4.78 is 0. The molecule has 0 unspecified atom stereocenters. The Bertz CT molecular complexity index is 1680. The van der Waals surface area contributed by atoms with Crippen LogP contribution in [0.5, 0.6) is 0 Å². The molecule has 0 radical (unpaired) electrons. The van der Waals surface area contributed by atoms with Crippen LogP contribution in [0.3, 0.4) is 0 Å². The average molecular weight is 461 g/mol. The van der Waals surface area contributed by atoms with Gasteiger partial charge in [0, 0.05) is 43.3 Å². The standard InChI is InChI=1S/C24H19N11/c25-14-11-35(12-14)19-10-26-9-18(30-19)13-7-15-20(33-34-23(15)29-8-13)24-31-17-4-6-28-21(22(17)32-24)16-3-1-2-5-27-16/h1-10,14H,11-12,25H2,(H,31,32)(H,29,33,34). The first-order chi connectivity index (χ1) is 17.2. The Morgan fingerprint density at radius 2 is 1.86 bits per heavy atom. The fourth-order valence-corrected chi connectivity index (χ4v) is 4.31. The van der Waals surface area contributed by atoms with E-state index in [0.717, 1.165) is 52.3 Å². The van der Waals surface area contributed by atoms with Crippen LogP contribution in [0.4, 0.5) is 5.82 Å². The van der Waals surface area contributed by atoms with Crippen molar-refractivity contribution in [1.29, 1.82) is 0 Å². The summed E-state index contributed by atoms with van der Waals surface area (Å²) in [5.41, 5.74) is 11.9. The van der Waals surface area contributed by atoms with Crippen molar-refractivity contribution in [3.05, 3.63) is 61.3 Å². The number of fused-ring (bicyclic) bond motifs is 2. The van der Waals surface area contributed by atoms with Gasteiger partial charge in [-0.2, -0.15) is 5.10 Å². The van der Waals surface area contributed by atoms with Crippen LogP contribution in [0.1, 0.15) is 0 Å². The molecule has 0 saturated carbocycles. The van der Waals surface area contributed by atoms with E-state index >= 15 is 0 Å². The average Bonchev–Trinajstić information content (AvgIpc) is 3.51. The Balaban J connectivity index is 1.31. The number of aromatic amines is 2. The zero-order valence-electron chi connectivity index (χ0n) is 18.4. The van der Waals surface area contributed by atoms with Crippen LogP contribution in [-0.4, -0.2) is 64.2 Å². The second-order valence-electron chi connectivity index (χ2n) is 8.48. The lowest BCUT2D eigenvalue weighted by Crippen LogP contribution is -2.56. The fourth-order valence-electron chi connectivity index (χ4n) is 4.31. The minimum atomic E-state index is 0.184. The largest absolute Gasteiger partial charge is 0.352 e. The zero-order chi connectivity index (χ0) is 23.4. The summed E-state index contributed by atoms with van der Waals surface area (Å²) in [7, 11) is 0. The Morgan fingerprint density at radius 3 is 2.71 bits per heavy atom. The van der Waals surface area contributed by atoms with Crippen molar-refractivity contribution in [3.63, 3.8) is 0 Å². The Morgan fingerprint density at radius 1 is 0.914 bits per heavy atom. The molecule has 0 bridgehead atoms. The van der Waals surface area contributed by atoms with Crippen molar-refractivity contribution in [1.82, 2.24) is 45.1 Å². The van der Waals surface area contributed by atoms with Gasteiger partial charge in [0.2, 0.25) is 0 Å². The molecule has 4 N–H and O–H groups in total. The highest BCUT2D eigenvalue weighted by atomic mass is 15.3. The number of aromatic nitrogens is 9. The minimum Gasteiger partial charge on any atom is -0.352 e. The van der Waals surface area contributed by atoms with E-state index in [2.05, 4.69) is 40.0 Å². The topological polar surface area (TPSA) is 151 Å². The molecule has 1 aliphatic heterocycles. The number of nitrogens with zero attached hydrogens (tertiary/aromatic N) is 8. The molecule has 1 aliphatic rings. The van der Waals surface area contributed by atoms with Gasteiger partial charge >= 0.3 is 0 Å². The number of anilines is 1. The van der Waals surface area contributed by atoms with E-state index in [4.69, 9.17) is 15.7 Å². The molecule has 6 aromatic rings. The molecular weight excluding hydrogens is 442 g/mol. The number of pyridine rings is 3. The molecule has 0 aromatic carbocycles. The number of nitrogens with two attached hydrogens (primary N) is 1. The molecule has 11 nitrogen and oxygen atoms in total. The molecule has 1 fully saturated rings. The number of imidazole rings is 1. The maximum atomic E-state index is 5.92. The van der Waals surface area contributed by atoms with E-state index in [-0.39, 0.29) is 6.04 Å². The summed E-state index contributed by atoms with van der Waals surface area (Å²) in [5.74, 6) is 1.42. The molecule has 7 rings (SSSR count). The molecule has 35 heavy (non-hydrogen) atoms. The van der Waals surface area contributed by atoms with Gasteiger partial charge < -0.3 is 15.6 Å². The van der Waals surface area contributed by atoms with Crippen molar-refractivity contribution < 1.29 is 0 Å². The van der Waals surface area contributed by atoms with Gasteiger partial charge in [0.25, 0.3) is 0 Å². The maximum Gasteiger partial charge on any atom is 0.159 e. The fraction of sp³-hybridized carbons (Fsp3) is 0.125. The van der Waals surface area contributed by atoms with Gasteiger partial charge in [-0.15, -0.1) is 0 Å². The summed E-state index contributed by atoms with van der Waals surface area (Å²) in [6, 6.07) is 9.79. The quantitative estimate of drug-likeness (QED) is 0.360. The summed E-state index contributed by atoms with van der Waals surface area (Å²) in [4.78, 5) is 33.0. The van der Waals surface area contributed by atoms with Gasteiger partial charge in [-0.25, -0.2) is 15.0 Å². The molecule has 0 amide bonds. The molecule has 6 aromatic heterocycles. The van der Waals surface area contributed by atoms with Gasteiger partial charge in [-0.1, -0.05) is 6.07 Å². The Kier molecular flexibility index (Phi) is 4.29. The highest BCUT2D eigenvalue weighted by molar-refractivity contribution is 5.95. The first-order valence-corrected chi connectivity index (χ1v) is 11.2. The van der Waals surface area contributed by atoms with E-state index in [1.807, 2.05) is 30.3 Å². The monoisotopic (exact) mass is 461 g/mol. The SMILES string of the molecule is NC1CN(c2cncc(-c3cnc4[nH]nc(-c5nc6c(-c7ccccn7)nccc6[nH]5)c4c3)n2)C1. The third kappa shape index (κ3) is 3.28. The van der Waals surface area contributed by atoms with Gasteiger partial charge in [0.1, 0.15) is 22.7 Å². The van der Waals surface area contributed by atoms with E-state index in [1.165, 1.54) is 0 Å². The highest BCUT2D eigenvalue weighted by Crippen LogP contribution is 2.31. The van der Waals surface area contributed by atoms with Crippen molar-refractivity contribution >= 4 is 27.9 Å². The van der Waals surface area contributed by atoms with Crippen molar-refractivity contribution in [2.24, 2.45) is 5.73 Å². The maximum absolute atomic E-state index is 5.92. The molecule has 0 atom stereocenters. The predicted molar refractivity (Wildman–Crippen MR) is 131 cm³/mol. The van der Waals surface area contributed by atoms with E-state index < -0.39 is 0 Å². The number of hydrogen-bond donors (Lipinski definition) is 3. The smallest absolute Gasteiger partial charge is 0.159 e. The van der Waals surface area contributed by atoms with Crippen molar-refractivity contribution in [2.45, 2.75) is 6.04 Å². The first kappa shape index (κ1) is 19.7. The van der Waals surface area contributed by atoms with Crippen LogP contribution in [0.15, 0.2) is 61.3 Å². The summed E-state index contributed by atoms with van der Waals surface area (Å²) in [6.07, 6.45) is 8.74. The third-order valence-corrected chi connectivity index (χ3v) is 6.10. The Hall–Kier alpha value is -4.77. The zero-order valence-corrected chi connectivity index (χ0v) is 18.4. The molecule has 170 valence electrons. The number of rotatable bonds is 4. The van der Waals surface area contributed by atoms with Crippen molar-refractivity contribution in [2.75, 3.05) is 18.0 Å². The Labute approximate surface area is 198 Å². The molecule has 0 spiro atoms. The second kappa shape index (κ2) is 7.64. The second-order valence-corrected chi connectivity index (χ2v) is 8.48. The molecule has 1 saturated heterocycles. The predicted octanol–water partition coefficient (Wildman–Crippen LogP) is 2.56. The lowest BCUT2D eigenvalue weighted by molar-refractivity contribution is 0.514. The van der Waals surface area contributed by atoms with Gasteiger partial charge in [0.05, 0.1) is 34.7 Å². The summed E-state index contributed by atoms with van der Waals surface area (Å²) in [5, 5.41) is 8.33. The van der Waals surface area contributed by atoms with E-state index in [1.54, 1.807) is 31.0 Å². The van der Waals surface area contributed by atoms with Crippen LogP contribution in [0.2, 0.25) is 0 Å². The lowest BCUT2D eigenvalue weighted by Gasteiger charge is -2.37. The van der Waals surface area contributed by atoms with E-state index in [9.17, 15) is 0 Å². The van der Waals surface area contributed by atoms with E-state index in [0.29, 0.717) is 22.9 Å². The number of H-pyrrole nitrogens is 2. The summed E-state index contributed by atoms with van der Waals surface area (Å²) >= 11 is 0. The van der Waals surface area contributed by atoms with Crippen LogP contribution in [0, 0.1) is 0 Å². The first-order valence-electron chi connectivity index (χ1n) is 11.2. The van der Waals surface area contributed by atoms with Gasteiger partial charge in [0.15, 0.2) is 11.5 Å².